The van der Waals surface area contributed by atoms with E-state index in [0.29, 0.717) is 11.4 Å². The van der Waals surface area contributed by atoms with Gasteiger partial charge in [0, 0.05) is 11.4 Å². The Labute approximate surface area is 138 Å². The Bertz CT molecular complexity index is 707. The van der Waals surface area contributed by atoms with E-state index in [4.69, 9.17) is 9.84 Å². The van der Waals surface area contributed by atoms with Crippen molar-refractivity contribution >= 4 is 29.5 Å². The van der Waals surface area contributed by atoms with Crippen LogP contribution in [0.1, 0.15) is 25.7 Å². The molecule has 2 rings (SSSR count). The number of rotatable bonds is 6. The SMILES string of the molecule is Cc1cc(C(=O)O)sc1C=CCNC(=O)OCc1ccccc1. The largest absolute Gasteiger partial charge is 0.477 e. The minimum Gasteiger partial charge on any atom is -0.477 e. The molecule has 23 heavy (non-hydrogen) atoms. The molecule has 5 nitrogen and oxygen atoms in total. The quantitative estimate of drug-likeness (QED) is 0.846. The summed E-state index contributed by atoms with van der Waals surface area (Å²) in [7, 11) is 0. The second kappa shape index (κ2) is 8.14. The Morgan fingerprint density at radius 3 is 2.70 bits per heavy atom. The minimum atomic E-state index is -0.930. The molecule has 1 amide bonds. The van der Waals surface area contributed by atoms with E-state index in [9.17, 15) is 9.59 Å². The molecule has 0 spiro atoms. The summed E-state index contributed by atoms with van der Waals surface area (Å²) < 4.78 is 5.08. The van der Waals surface area contributed by atoms with Crippen molar-refractivity contribution in [2.24, 2.45) is 0 Å². The number of carbonyl (C=O) groups is 2. The molecule has 0 fully saturated rings. The number of carbonyl (C=O) groups excluding carboxylic acids is 1. The van der Waals surface area contributed by atoms with Crippen molar-refractivity contribution < 1.29 is 19.4 Å². The number of aryl methyl sites for hydroxylation is 1. The van der Waals surface area contributed by atoms with Gasteiger partial charge < -0.3 is 15.2 Å². The molecule has 0 unspecified atom stereocenters. The molecule has 0 aliphatic rings. The number of alkyl carbamates (subject to hydrolysis) is 1. The van der Waals surface area contributed by atoms with E-state index in [0.717, 1.165) is 16.0 Å². The fourth-order valence-corrected chi connectivity index (χ4v) is 2.79. The summed E-state index contributed by atoms with van der Waals surface area (Å²) in [5.41, 5.74) is 1.82. The molecule has 2 aromatic rings. The van der Waals surface area contributed by atoms with Crippen LogP contribution in [0.5, 0.6) is 0 Å². The van der Waals surface area contributed by atoms with Crippen molar-refractivity contribution in [3.05, 3.63) is 63.4 Å². The zero-order valence-corrected chi connectivity index (χ0v) is 13.4. The third-order valence-electron chi connectivity index (χ3n) is 3.01. The lowest BCUT2D eigenvalue weighted by Crippen LogP contribution is -2.24. The second-order valence-corrected chi connectivity index (χ2v) is 5.89. The Morgan fingerprint density at radius 2 is 2.04 bits per heavy atom. The van der Waals surface area contributed by atoms with Crippen LogP contribution >= 0.6 is 11.3 Å². The number of hydrogen-bond donors (Lipinski definition) is 2. The van der Waals surface area contributed by atoms with E-state index in [-0.39, 0.29) is 6.61 Å². The first-order valence-corrected chi connectivity index (χ1v) is 7.82. The number of hydrogen-bond acceptors (Lipinski definition) is 4. The lowest BCUT2D eigenvalue weighted by atomic mass is 10.2. The van der Waals surface area contributed by atoms with Gasteiger partial charge >= 0.3 is 12.1 Å². The van der Waals surface area contributed by atoms with Crippen LogP contribution in [0.2, 0.25) is 0 Å². The third kappa shape index (κ3) is 5.27. The molecule has 0 aliphatic carbocycles. The molecule has 0 bridgehead atoms. The van der Waals surface area contributed by atoms with Crippen LogP contribution in [0, 0.1) is 6.92 Å². The van der Waals surface area contributed by atoms with Gasteiger partial charge in [0.25, 0.3) is 0 Å². The Kier molecular flexibility index (Phi) is 5.94. The predicted molar refractivity (Wildman–Crippen MR) is 89.7 cm³/mol. The van der Waals surface area contributed by atoms with E-state index in [1.165, 1.54) is 11.3 Å². The number of nitrogens with one attached hydrogen (secondary N) is 1. The first-order chi connectivity index (χ1) is 11.1. The smallest absolute Gasteiger partial charge is 0.407 e. The summed E-state index contributed by atoms with van der Waals surface area (Å²) in [4.78, 5) is 23.6. The predicted octanol–water partition coefficient (Wildman–Crippen LogP) is 3.69. The highest BCUT2D eigenvalue weighted by Gasteiger charge is 2.08. The van der Waals surface area contributed by atoms with Crippen LogP contribution in [0.3, 0.4) is 0 Å². The summed E-state index contributed by atoms with van der Waals surface area (Å²) >= 11 is 1.20. The molecule has 0 aliphatic heterocycles. The van der Waals surface area contributed by atoms with Crippen LogP contribution in [0.15, 0.2) is 42.5 Å². The summed E-state index contributed by atoms with van der Waals surface area (Å²) in [6.07, 6.45) is 3.06. The Morgan fingerprint density at radius 1 is 1.30 bits per heavy atom. The first kappa shape index (κ1) is 16.8. The van der Waals surface area contributed by atoms with Crippen molar-refractivity contribution in [1.29, 1.82) is 0 Å². The fourth-order valence-electron chi connectivity index (χ4n) is 1.85. The fraction of sp³-hybridized carbons (Fsp3) is 0.176. The van der Waals surface area contributed by atoms with Crippen molar-refractivity contribution in [2.45, 2.75) is 13.5 Å². The van der Waals surface area contributed by atoms with Crippen LogP contribution in [-0.2, 0) is 11.3 Å². The van der Waals surface area contributed by atoms with Gasteiger partial charge in [-0.1, -0.05) is 36.4 Å². The third-order valence-corrected chi connectivity index (χ3v) is 4.20. The van der Waals surface area contributed by atoms with Crippen LogP contribution < -0.4 is 5.32 Å². The maximum absolute atomic E-state index is 11.5. The van der Waals surface area contributed by atoms with Crippen molar-refractivity contribution in [1.82, 2.24) is 5.32 Å². The highest BCUT2D eigenvalue weighted by Crippen LogP contribution is 2.23. The highest BCUT2D eigenvalue weighted by atomic mass is 32.1. The lowest BCUT2D eigenvalue weighted by molar-refractivity contribution is 0.0702. The maximum atomic E-state index is 11.5. The average Bonchev–Trinajstić information content (AvgIpc) is 2.92. The van der Waals surface area contributed by atoms with Crippen LogP contribution in [-0.4, -0.2) is 23.7 Å². The van der Waals surface area contributed by atoms with E-state index < -0.39 is 12.1 Å². The number of amides is 1. The van der Waals surface area contributed by atoms with Gasteiger partial charge in [-0.3, -0.25) is 0 Å². The van der Waals surface area contributed by atoms with E-state index >= 15 is 0 Å². The molecule has 1 aromatic heterocycles. The first-order valence-electron chi connectivity index (χ1n) is 7.01. The van der Waals surface area contributed by atoms with Crippen molar-refractivity contribution in [3.8, 4) is 0 Å². The number of carboxylic acids is 1. The van der Waals surface area contributed by atoms with Gasteiger partial charge in [-0.2, -0.15) is 0 Å². The molecule has 0 saturated heterocycles. The molecule has 0 atom stereocenters. The Balaban J connectivity index is 1.76. The molecule has 6 heteroatoms. The van der Waals surface area contributed by atoms with Gasteiger partial charge in [-0.15, -0.1) is 11.3 Å². The average molecular weight is 331 g/mol. The molecule has 1 heterocycles. The Hall–Kier alpha value is -2.60. The van der Waals surface area contributed by atoms with Gasteiger partial charge in [0.1, 0.15) is 11.5 Å². The molecule has 2 N–H and O–H groups in total. The molecule has 0 radical (unpaired) electrons. The van der Waals surface area contributed by atoms with Gasteiger partial charge in [0.05, 0.1) is 0 Å². The monoisotopic (exact) mass is 331 g/mol. The van der Waals surface area contributed by atoms with E-state index in [1.54, 1.807) is 18.2 Å². The molecular weight excluding hydrogens is 314 g/mol. The van der Waals surface area contributed by atoms with Gasteiger partial charge in [-0.05, 0) is 30.2 Å². The summed E-state index contributed by atoms with van der Waals surface area (Å²) in [5.74, 6) is -0.930. The van der Waals surface area contributed by atoms with E-state index in [1.807, 2.05) is 37.3 Å². The number of benzene rings is 1. The second-order valence-electron chi connectivity index (χ2n) is 4.81. The molecular formula is C17H17NO4S. The standard InChI is InChI=1S/C17H17NO4S/c1-12-10-15(16(19)20)23-14(12)8-5-9-18-17(21)22-11-13-6-3-2-4-7-13/h2-8,10H,9,11H2,1H3,(H,18,21)(H,19,20). The van der Waals surface area contributed by atoms with Crippen LogP contribution in [0.25, 0.3) is 6.08 Å². The lowest BCUT2D eigenvalue weighted by Gasteiger charge is -2.05. The van der Waals surface area contributed by atoms with Crippen molar-refractivity contribution in [2.75, 3.05) is 6.54 Å². The van der Waals surface area contributed by atoms with Crippen LogP contribution in [0.4, 0.5) is 4.79 Å². The minimum absolute atomic E-state index is 0.225. The summed E-state index contributed by atoms with van der Waals surface area (Å²) in [6.45, 7) is 2.39. The topological polar surface area (TPSA) is 75.6 Å². The zero-order valence-electron chi connectivity index (χ0n) is 12.6. The maximum Gasteiger partial charge on any atom is 0.407 e. The normalized spacial score (nSPS) is 10.7. The van der Waals surface area contributed by atoms with Gasteiger partial charge in [-0.25, -0.2) is 9.59 Å². The zero-order chi connectivity index (χ0) is 16.7. The molecule has 0 saturated carbocycles. The highest BCUT2D eigenvalue weighted by molar-refractivity contribution is 7.15. The number of aromatic carboxylic acids is 1. The number of thiophene rings is 1. The molecule has 1 aromatic carbocycles. The summed E-state index contributed by atoms with van der Waals surface area (Å²) in [5, 5.41) is 11.5. The van der Waals surface area contributed by atoms with Gasteiger partial charge in [0.15, 0.2) is 0 Å². The number of ether oxygens (including phenoxy) is 1. The van der Waals surface area contributed by atoms with Gasteiger partial charge in [0.2, 0.25) is 0 Å². The number of carboxylic acid groups (broad SMARTS) is 1. The van der Waals surface area contributed by atoms with E-state index in [2.05, 4.69) is 5.32 Å². The summed E-state index contributed by atoms with van der Waals surface area (Å²) in [6, 6.07) is 11.1. The van der Waals surface area contributed by atoms with Crippen molar-refractivity contribution in [3.63, 3.8) is 0 Å². The molecule has 120 valence electrons.